The zero-order valence-corrected chi connectivity index (χ0v) is 8.53. The molecule has 2 aromatic rings. The van der Waals surface area contributed by atoms with Crippen LogP contribution in [0.4, 0.5) is 4.39 Å². The first-order chi connectivity index (χ1) is 7.50. The Bertz CT molecular complexity index is 650. The summed E-state index contributed by atoms with van der Waals surface area (Å²) in [7, 11) is 0. The number of carboxylic acids is 1. The van der Waals surface area contributed by atoms with E-state index in [0.29, 0.717) is 0 Å². The van der Waals surface area contributed by atoms with Crippen LogP contribution in [0.3, 0.4) is 0 Å². The SMILES string of the molecule is O=C(O)c1cn(Cl)c2ccc(F)cc2c1=O. The summed E-state index contributed by atoms with van der Waals surface area (Å²) >= 11 is 5.72. The van der Waals surface area contributed by atoms with Gasteiger partial charge in [-0.1, -0.05) is 0 Å². The summed E-state index contributed by atoms with van der Waals surface area (Å²) < 4.78 is 13.9. The summed E-state index contributed by atoms with van der Waals surface area (Å²) in [5.74, 6) is -2.02. The Morgan fingerprint density at radius 1 is 1.44 bits per heavy atom. The second-order valence-corrected chi connectivity index (χ2v) is 3.51. The first kappa shape index (κ1) is 10.6. The largest absolute Gasteiger partial charge is 0.477 e. The van der Waals surface area contributed by atoms with Gasteiger partial charge in [-0.3, -0.25) is 8.88 Å². The van der Waals surface area contributed by atoms with Gasteiger partial charge in [0, 0.05) is 18.0 Å². The average molecular weight is 242 g/mol. The first-order valence-corrected chi connectivity index (χ1v) is 4.59. The third kappa shape index (κ3) is 1.55. The van der Waals surface area contributed by atoms with Crippen molar-refractivity contribution in [2.24, 2.45) is 0 Å². The molecule has 0 bridgehead atoms. The Hall–Kier alpha value is -1.88. The van der Waals surface area contributed by atoms with E-state index in [1.165, 1.54) is 6.07 Å². The Morgan fingerprint density at radius 3 is 2.75 bits per heavy atom. The van der Waals surface area contributed by atoms with E-state index in [-0.39, 0.29) is 10.9 Å². The molecular formula is C10H5ClFNO3. The number of nitrogens with zero attached hydrogens (tertiary/aromatic N) is 1. The number of hydrogen-bond acceptors (Lipinski definition) is 2. The van der Waals surface area contributed by atoms with Crippen molar-refractivity contribution in [2.75, 3.05) is 0 Å². The van der Waals surface area contributed by atoms with Gasteiger partial charge >= 0.3 is 5.97 Å². The Labute approximate surface area is 93.6 Å². The number of carbonyl (C=O) groups is 1. The molecule has 0 amide bonds. The number of benzene rings is 1. The predicted molar refractivity (Wildman–Crippen MR) is 56.4 cm³/mol. The maximum absolute atomic E-state index is 12.9. The molecule has 0 aliphatic heterocycles. The van der Waals surface area contributed by atoms with E-state index in [1.807, 2.05) is 0 Å². The van der Waals surface area contributed by atoms with Gasteiger partial charge in [0.2, 0.25) is 5.43 Å². The number of pyridine rings is 1. The molecule has 0 saturated heterocycles. The van der Waals surface area contributed by atoms with Crippen LogP contribution in [-0.2, 0) is 0 Å². The van der Waals surface area contributed by atoms with Crippen LogP contribution in [0, 0.1) is 5.82 Å². The molecule has 0 radical (unpaired) electrons. The molecular weight excluding hydrogens is 237 g/mol. The van der Waals surface area contributed by atoms with Crippen molar-refractivity contribution in [1.29, 1.82) is 0 Å². The van der Waals surface area contributed by atoms with Crippen LogP contribution in [0.25, 0.3) is 10.9 Å². The zero-order valence-electron chi connectivity index (χ0n) is 7.78. The van der Waals surface area contributed by atoms with Gasteiger partial charge in [-0.15, -0.1) is 0 Å². The highest BCUT2D eigenvalue weighted by Crippen LogP contribution is 2.14. The summed E-state index contributed by atoms with van der Waals surface area (Å²) in [6.07, 6.45) is 0.993. The van der Waals surface area contributed by atoms with Gasteiger partial charge in [-0.05, 0) is 18.2 Å². The average Bonchev–Trinajstić information content (AvgIpc) is 2.22. The van der Waals surface area contributed by atoms with Gasteiger partial charge in [0.15, 0.2) is 0 Å². The van der Waals surface area contributed by atoms with E-state index in [9.17, 15) is 14.0 Å². The summed E-state index contributed by atoms with van der Waals surface area (Å²) in [4.78, 5) is 22.4. The fraction of sp³-hybridized carbons (Fsp3) is 0. The van der Waals surface area contributed by atoms with Gasteiger partial charge < -0.3 is 5.11 Å². The lowest BCUT2D eigenvalue weighted by molar-refractivity contribution is 0.0695. The highest BCUT2D eigenvalue weighted by atomic mass is 35.5. The van der Waals surface area contributed by atoms with E-state index in [4.69, 9.17) is 16.9 Å². The minimum absolute atomic E-state index is 0.0603. The number of aromatic carboxylic acids is 1. The molecule has 1 heterocycles. The molecule has 4 nitrogen and oxygen atoms in total. The molecule has 0 aliphatic carbocycles. The number of aromatic nitrogens is 1. The van der Waals surface area contributed by atoms with Crippen molar-refractivity contribution in [3.63, 3.8) is 0 Å². The molecule has 1 aromatic heterocycles. The Balaban J connectivity index is 2.98. The topological polar surface area (TPSA) is 59.3 Å². The molecule has 82 valence electrons. The molecule has 1 N–H and O–H groups in total. The molecule has 0 unspecified atom stereocenters. The Kier molecular flexibility index (Phi) is 2.40. The van der Waals surface area contributed by atoms with E-state index < -0.39 is 22.8 Å². The van der Waals surface area contributed by atoms with Crippen molar-refractivity contribution in [2.45, 2.75) is 0 Å². The molecule has 2 rings (SSSR count). The molecule has 16 heavy (non-hydrogen) atoms. The van der Waals surface area contributed by atoms with Crippen LogP contribution >= 0.6 is 11.8 Å². The van der Waals surface area contributed by atoms with Gasteiger partial charge in [-0.2, -0.15) is 0 Å². The van der Waals surface area contributed by atoms with Gasteiger partial charge in [0.25, 0.3) is 0 Å². The third-order valence-corrected chi connectivity index (χ3v) is 2.43. The number of rotatable bonds is 1. The summed E-state index contributed by atoms with van der Waals surface area (Å²) in [5.41, 5.74) is -0.981. The second-order valence-electron chi connectivity index (χ2n) is 3.15. The minimum Gasteiger partial charge on any atom is -0.477 e. The lowest BCUT2D eigenvalue weighted by Gasteiger charge is -2.04. The van der Waals surface area contributed by atoms with Crippen molar-refractivity contribution in [3.8, 4) is 0 Å². The van der Waals surface area contributed by atoms with Crippen LogP contribution in [0.5, 0.6) is 0 Å². The van der Waals surface area contributed by atoms with E-state index in [1.54, 1.807) is 0 Å². The summed E-state index contributed by atoms with van der Waals surface area (Å²) in [5, 5.41) is 8.69. The van der Waals surface area contributed by atoms with Gasteiger partial charge in [0.05, 0.1) is 10.9 Å². The van der Waals surface area contributed by atoms with Crippen LogP contribution in [0.2, 0.25) is 0 Å². The van der Waals surface area contributed by atoms with Crippen molar-refractivity contribution >= 4 is 28.6 Å². The van der Waals surface area contributed by atoms with Crippen LogP contribution < -0.4 is 5.43 Å². The number of fused-ring (bicyclic) bond motifs is 1. The van der Waals surface area contributed by atoms with Crippen LogP contribution in [0.15, 0.2) is 29.2 Å². The standard InChI is InChI=1S/C10H5ClFNO3/c11-13-4-7(10(15)16)9(14)6-3-5(12)1-2-8(6)13/h1-4H,(H,15,16). The Morgan fingerprint density at radius 2 is 2.12 bits per heavy atom. The van der Waals surface area contributed by atoms with Crippen molar-refractivity contribution in [1.82, 2.24) is 4.09 Å². The lowest BCUT2D eigenvalue weighted by Crippen LogP contribution is -2.16. The molecule has 0 saturated carbocycles. The normalized spacial score (nSPS) is 10.6. The third-order valence-electron chi connectivity index (χ3n) is 2.15. The van der Waals surface area contributed by atoms with Crippen molar-refractivity contribution in [3.05, 3.63) is 46.0 Å². The minimum atomic E-state index is -1.40. The van der Waals surface area contributed by atoms with Crippen LogP contribution in [-0.4, -0.2) is 15.2 Å². The monoisotopic (exact) mass is 241 g/mol. The summed E-state index contributed by atoms with van der Waals surface area (Å²) in [6.45, 7) is 0. The highest BCUT2D eigenvalue weighted by Gasteiger charge is 2.14. The fourth-order valence-corrected chi connectivity index (χ4v) is 1.66. The second kappa shape index (κ2) is 3.61. The van der Waals surface area contributed by atoms with Crippen molar-refractivity contribution < 1.29 is 14.3 Å². The fourth-order valence-electron chi connectivity index (χ4n) is 1.42. The highest BCUT2D eigenvalue weighted by molar-refractivity contribution is 6.19. The molecule has 0 fully saturated rings. The number of hydrogen-bond donors (Lipinski definition) is 1. The quantitative estimate of drug-likeness (QED) is 0.829. The molecule has 1 aromatic carbocycles. The molecule has 0 atom stereocenters. The predicted octanol–water partition coefficient (Wildman–Crippen LogP) is 1.84. The van der Waals surface area contributed by atoms with Gasteiger partial charge in [0.1, 0.15) is 11.4 Å². The molecule has 0 spiro atoms. The van der Waals surface area contributed by atoms with E-state index in [0.717, 1.165) is 22.4 Å². The smallest absolute Gasteiger partial charge is 0.341 e. The molecule has 6 heteroatoms. The van der Waals surface area contributed by atoms with Gasteiger partial charge in [-0.25, -0.2) is 9.18 Å². The zero-order chi connectivity index (χ0) is 11.9. The van der Waals surface area contributed by atoms with E-state index in [2.05, 4.69) is 0 Å². The number of halogens is 2. The number of carboxylic acid groups (broad SMARTS) is 1. The maximum atomic E-state index is 12.9. The lowest BCUT2D eigenvalue weighted by atomic mass is 10.1. The van der Waals surface area contributed by atoms with Crippen LogP contribution in [0.1, 0.15) is 10.4 Å². The first-order valence-electron chi connectivity index (χ1n) is 4.25. The molecule has 0 aliphatic rings. The summed E-state index contributed by atoms with van der Waals surface area (Å²) in [6, 6.07) is 3.41. The van der Waals surface area contributed by atoms with E-state index >= 15 is 0 Å². The maximum Gasteiger partial charge on any atom is 0.341 e.